The molecule has 132 valence electrons. The van der Waals surface area contributed by atoms with Gasteiger partial charge in [-0.15, -0.1) is 9.78 Å². The fourth-order valence-corrected chi connectivity index (χ4v) is 4.77. The Morgan fingerprint density at radius 2 is 1.78 bits per heavy atom. The van der Waals surface area contributed by atoms with Gasteiger partial charge in [-0.05, 0) is 34.1 Å². The van der Waals surface area contributed by atoms with Crippen LogP contribution in [0.5, 0.6) is 0 Å². The predicted octanol–water partition coefficient (Wildman–Crippen LogP) is 1.16. The fraction of sp³-hybridized carbons (Fsp3) is 0.769. The van der Waals surface area contributed by atoms with Gasteiger partial charge in [-0.2, -0.15) is 4.98 Å². The Morgan fingerprint density at radius 1 is 1.22 bits per heavy atom. The Morgan fingerprint density at radius 3 is 2.22 bits per heavy atom. The molecule has 0 saturated heterocycles. The van der Waals surface area contributed by atoms with Crippen LogP contribution >= 0.6 is 0 Å². The van der Waals surface area contributed by atoms with Crippen molar-refractivity contribution in [2.75, 3.05) is 32.1 Å². The number of hydrogen-bond donors (Lipinski definition) is 2. The van der Waals surface area contributed by atoms with Crippen molar-refractivity contribution in [1.29, 1.82) is 0 Å². The van der Waals surface area contributed by atoms with Gasteiger partial charge < -0.3 is 24.3 Å². The summed E-state index contributed by atoms with van der Waals surface area (Å²) in [7, 11) is -2.66. The van der Waals surface area contributed by atoms with Gasteiger partial charge in [0, 0.05) is 32.4 Å². The quantitative estimate of drug-likeness (QED) is 0.483. The van der Waals surface area contributed by atoms with Gasteiger partial charge >= 0.3 is 14.8 Å². The van der Waals surface area contributed by atoms with Crippen LogP contribution in [0.25, 0.3) is 0 Å². The van der Waals surface area contributed by atoms with E-state index in [2.05, 4.69) is 15.4 Å². The third-order valence-electron chi connectivity index (χ3n) is 2.96. The molecule has 10 heteroatoms. The summed E-state index contributed by atoms with van der Waals surface area (Å²) in [6, 6.07) is 0.230. The molecule has 0 unspecified atom stereocenters. The molecule has 23 heavy (non-hydrogen) atoms. The zero-order valence-electron chi connectivity index (χ0n) is 14.3. The summed E-state index contributed by atoms with van der Waals surface area (Å²) < 4.78 is 18.3. The van der Waals surface area contributed by atoms with E-state index in [1.165, 1.54) is 0 Å². The molecule has 0 fully saturated rings. The standard InChI is InChI=1S/C13H27N5O4Si/c1-5-20-23(21-6-2,22-7-3)10-8-9-15-13(19)18-12(14)16-11(4)17-18/h5-10H2,1-4H3,(H,15,19)(H2,14,16,17). The van der Waals surface area contributed by atoms with Crippen molar-refractivity contribution < 1.29 is 18.1 Å². The Kier molecular flexibility index (Phi) is 8.16. The number of amides is 1. The van der Waals surface area contributed by atoms with Crippen molar-refractivity contribution in [2.24, 2.45) is 0 Å². The number of rotatable bonds is 10. The number of nitrogens with two attached hydrogens (primary N) is 1. The van der Waals surface area contributed by atoms with E-state index in [1.54, 1.807) is 6.92 Å². The average Bonchev–Trinajstić information content (AvgIpc) is 2.83. The molecule has 0 aliphatic heterocycles. The third kappa shape index (κ3) is 5.90. The first-order chi connectivity index (χ1) is 11.0. The highest BCUT2D eigenvalue weighted by Gasteiger charge is 2.39. The lowest BCUT2D eigenvalue weighted by Crippen LogP contribution is -2.46. The number of nitrogen functional groups attached to an aromatic ring is 1. The second kappa shape index (κ2) is 9.60. The molecule has 0 saturated carbocycles. The van der Waals surface area contributed by atoms with Gasteiger partial charge in [-0.1, -0.05) is 0 Å². The average molecular weight is 345 g/mol. The maximum Gasteiger partial charge on any atom is 0.500 e. The molecule has 0 atom stereocenters. The maximum absolute atomic E-state index is 12.0. The lowest BCUT2D eigenvalue weighted by atomic mass is 10.5. The molecule has 0 spiro atoms. The summed E-state index contributed by atoms with van der Waals surface area (Å²) in [6.07, 6.45) is 0.672. The summed E-state index contributed by atoms with van der Waals surface area (Å²) >= 11 is 0. The molecule has 1 rings (SSSR count). The van der Waals surface area contributed by atoms with Crippen LogP contribution in [-0.4, -0.2) is 56.0 Å². The Bertz CT molecular complexity index is 480. The molecule has 1 amide bonds. The minimum absolute atomic E-state index is 0.0710. The van der Waals surface area contributed by atoms with Gasteiger partial charge in [0.2, 0.25) is 5.95 Å². The van der Waals surface area contributed by atoms with Crippen LogP contribution in [0.4, 0.5) is 10.7 Å². The van der Waals surface area contributed by atoms with Crippen LogP contribution in [0.1, 0.15) is 33.0 Å². The van der Waals surface area contributed by atoms with Crippen LogP contribution in [-0.2, 0) is 13.3 Å². The van der Waals surface area contributed by atoms with E-state index in [0.29, 0.717) is 44.7 Å². The highest BCUT2D eigenvalue weighted by Crippen LogP contribution is 2.17. The smallest absolute Gasteiger partial charge is 0.374 e. The topological polar surface area (TPSA) is 114 Å². The Balaban J connectivity index is 2.49. The Labute approximate surface area is 137 Å². The van der Waals surface area contributed by atoms with Crippen molar-refractivity contribution in [3.8, 4) is 0 Å². The van der Waals surface area contributed by atoms with Crippen molar-refractivity contribution in [2.45, 2.75) is 40.2 Å². The molecule has 1 heterocycles. The van der Waals surface area contributed by atoms with E-state index >= 15 is 0 Å². The molecule has 3 N–H and O–H groups in total. The van der Waals surface area contributed by atoms with Gasteiger partial charge in [0.1, 0.15) is 5.82 Å². The van der Waals surface area contributed by atoms with Crippen LogP contribution < -0.4 is 11.1 Å². The number of nitrogens with zero attached hydrogens (tertiary/aromatic N) is 3. The number of hydrogen-bond acceptors (Lipinski definition) is 7. The van der Waals surface area contributed by atoms with Gasteiger partial charge in [0.15, 0.2) is 0 Å². The lowest BCUT2D eigenvalue weighted by molar-refractivity contribution is 0.0708. The summed E-state index contributed by atoms with van der Waals surface area (Å²) in [5, 5.41) is 6.68. The van der Waals surface area contributed by atoms with E-state index < -0.39 is 14.8 Å². The second-order valence-electron chi connectivity index (χ2n) is 4.75. The molecule has 0 radical (unpaired) electrons. The van der Waals surface area contributed by atoms with E-state index in [9.17, 15) is 4.79 Å². The predicted molar refractivity (Wildman–Crippen MR) is 88.0 cm³/mol. The fourth-order valence-electron chi connectivity index (χ4n) is 2.16. The van der Waals surface area contributed by atoms with Crippen LogP contribution in [0.15, 0.2) is 0 Å². The van der Waals surface area contributed by atoms with Crippen LogP contribution in [0.3, 0.4) is 0 Å². The molecule has 0 aliphatic carbocycles. The molecule has 0 aromatic carbocycles. The van der Waals surface area contributed by atoms with Crippen molar-refractivity contribution in [3.05, 3.63) is 5.82 Å². The zero-order valence-corrected chi connectivity index (χ0v) is 15.3. The highest BCUT2D eigenvalue weighted by atomic mass is 28.4. The molecule has 1 aromatic heterocycles. The zero-order chi connectivity index (χ0) is 17.3. The molecule has 0 aliphatic rings. The maximum atomic E-state index is 12.0. The van der Waals surface area contributed by atoms with Crippen molar-refractivity contribution >= 4 is 20.8 Å². The van der Waals surface area contributed by atoms with Crippen LogP contribution in [0, 0.1) is 6.92 Å². The first kappa shape index (κ1) is 19.6. The van der Waals surface area contributed by atoms with Crippen molar-refractivity contribution in [3.63, 3.8) is 0 Å². The second-order valence-corrected chi connectivity index (χ2v) is 7.48. The number of anilines is 1. The van der Waals surface area contributed by atoms with Gasteiger partial charge in [0.25, 0.3) is 0 Å². The van der Waals surface area contributed by atoms with Gasteiger partial charge in [-0.25, -0.2) is 4.79 Å². The van der Waals surface area contributed by atoms with Crippen molar-refractivity contribution in [1.82, 2.24) is 20.1 Å². The number of carbonyl (C=O) groups is 1. The van der Waals surface area contributed by atoms with Crippen LogP contribution in [0.2, 0.25) is 6.04 Å². The minimum atomic E-state index is -2.66. The van der Waals surface area contributed by atoms with E-state index in [-0.39, 0.29) is 5.95 Å². The largest absolute Gasteiger partial charge is 0.500 e. The first-order valence-electron chi connectivity index (χ1n) is 7.87. The van der Waals surface area contributed by atoms with E-state index in [4.69, 9.17) is 19.0 Å². The monoisotopic (exact) mass is 345 g/mol. The number of nitrogens with one attached hydrogen (secondary N) is 1. The Hall–Kier alpha value is -1.49. The SMILES string of the molecule is CCO[Si](CCCNC(=O)n1nc(C)nc1N)(OCC)OCC. The summed E-state index contributed by atoms with van der Waals surface area (Å²) in [5.41, 5.74) is 5.61. The minimum Gasteiger partial charge on any atom is -0.374 e. The number of aryl methyl sites for hydroxylation is 1. The van der Waals surface area contributed by atoms with E-state index in [0.717, 1.165) is 4.68 Å². The molecule has 9 nitrogen and oxygen atoms in total. The summed E-state index contributed by atoms with van der Waals surface area (Å²) in [5.74, 6) is 0.523. The number of carbonyl (C=O) groups excluding carboxylic acids is 1. The summed E-state index contributed by atoms with van der Waals surface area (Å²) in [6.45, 7) is 9.46. The van der Waals surface area contributed by atoms with Gasteiger partial charge in [-0.3, -0.25) is 0 Å². The first-order valence-corrected chi connectivity index (χ1v) is 9.80. The lowest BCUT2D eigenvalue weighted by Gasteiger charge is -2.28. The molecule has 1 aromatic rings. The molecule has 0 bridgehead atoms. The van der Waals surface area contributed by atoms with E-state index in [1.807, 2.05) is 20.8 Å². The van der Waals surface area contributed by atoms with Gasteiger partial charge in [0.05, 0.1) is 0 Å². The number of aromatic nitrogens is 3. The summed E-state index contributed by atoms with van der Waals surface area (Å²) in [4.78, 5) is 15.9. The normalized spacial score (nSPS) is 11.7. The molecular weight excluding hydrogens is 318 g/mol. The molecular formula is C13H27N5O4Si. The third-order valence-corrected chi connectivity index (χ3v) is 6.11. The highest BCUT2D eigenvalue weighted by molar-refractivity contribution is 6.60.